The van der Waals surface area contributed by atoms with Gasteiger partial charge < -0.3 is 15.2 Å². The molecule has 1 saturated heterocycles. The molecule has 0 bridgehead atoms. The summed E-state index contributed by atoms with van der Waals surface area (Å²) < 4.78 is 5.67. The Morgan fingerprint density at radius 1 is 1.35 bits per heavy atom. The number of piperidine rings is 1. The van der Waals surface area contributed by atoms with E-state index in [0.717, 1.165) is 25.9 Å². The SMILES string of the molecule is Cc1cccc(C(=O)OC(C)(C)C2CCNCC2)c1O. The first-order valence-electron chi connectivity index (χ1n) is 7.14. The summed E-state index contributed by atoms with van der Waals surface area (Å²) in [5.41, 5.74) is 0.404. The van der Waals surface area contributed by atoms with Gasteiger partial charge in [0, 0.05) is 5.92 Å². The van der Waals surface area contributed by atoms with Gasteiger partial charge in [-0.15, -0.1) is 0 Å². The van der Waals surface area contributed by atoms with E-state index in [2.05, 4.69) is 5.32 Å². The number of rotatable bonds is 3. The Morgan fingerprint density at radius 3 is 2.65 bits per heavy atom. The number of aryl methyl sites for hydroxylation is 1. The van der Waals surface area contributed by atoms with Crippen molar-refractivity contribution in [1.82, 2.24) is 5.32 Å². The highest BCUT2D eigenvalue weighted by atomic mass is 16.6. The van der Waals surface area contributed by atoms with Gasteiger partial charge in [0.15, 0.2) is 0 Å². The number of benzene rings is 1. The van der Waals surface area contributed by atoms with Crippen molar-refractivity contribution in [3.05, 3.63) is 29.3 Å². The Kier molecular flexibility index (Phi) is 4.33. The Morgan fingerprint density at radius 2 is 2.00 bits per heavy atom. The largest absolute Gasteiger partial charge is 0.507 e. The summed E-state index contributed by atoms with van der Waals surface area (Å²) in [5, 5.41) is 13.3. The number of esters is 1. The fourth-order valence-corrected chi connectivity index (χ4v) is 2.72. The molecule has 1 aromatic rings. The van der Waals surface area contributed by atoms with Gasteiger partial charge in [0.1, 0.15) is 16.9 Å². The molecule has 2 rings (SSSR count). The molecule has 0 spiro atoms. The van der Waals surface area contributed by atoms with Crippen LogP contribution in [-0.4, -0.2) is 29.8 Å². The molecule has 1 aromatic carbocycles. The smallest absolute Gasteiger partial charge is 0.342 e. The number of phenolic OH excluding ortho intramolecular Hbond substituents is 1. The van der Waals surface area contributed by atoms with Crippen LogP contribution in [-0.2, 0) is 4.74 Å². The summed E-state index contributed by atoms with van der Waals surface area (Å²) in [7, 11) is 0. The summed E-state index contributed by atoms with van der Waals surface area (Å²) in [6, 6.07) is 5.12. The standard InChI is InChI=1S/C16H23NO3/c1-11-5-4-6-13(14(11)18)15(19)20-16(2,3)12-7-9-17-10-8-12/h4-6,12,17-18H,7-10H2,1-3H3. The van der Waals surface area contributed by atoms with Crippen molar-refractivity contribution in [2.24, 2.45) is 5.92 Å². The lowest BCUT2D eigenvalue weighted by Gasteiger charge is -2.36. The van der Waals surface area contributed by atoms with E-state index in [0.29, 0.717) is 11.5 Å². The zero-order valence-corrected chi connectivity index (χ0v) is 12.4. The molecule has 0 amide bonds. The molecule has 0 atom stereocenters. The zero-order valence-electron chi connectivity index (χ0n) is 12.4. The van der Waals surface area contributed by atoms with Gasteiger partial charge in [0.25, 0.3) is 0 Å². The lowest BCUT2D eigenvalue weighted by atomic mass is 9.83. The number of ether oxygens (including phenoxy) is 1. The van der Waals surface area contributed by atoms with Crippen molar-refractivity contribution < 1.29 is 14.6 Å². The molecule has 4 nitrogen and oxygen atoms in total. The summed E-state index contributed by atoms with van der Waals surface area (Å²) in [5.74, 6) is -0.0898. The molecule has 1 heterocycles. The van der Waals surface area contributed by atoms with Gasteiger partial charge >= 0.3 is 5.97 Å². The highest BCUT2D eigenvalue weighted by molar-refractivity contribution is 5.93. The lowest BCUT2D eigenvalue weighted by Crippen LogP contribution is -2.42. The van der Waals surface area contributed by atoms with Crippen molar-refractivity contribution >= 4 is 5.97 Å². The number of carbonyl (C=O) groups is 1. The molecule has 1 aliphatic heterocycles. The molecular weight excluding hydrogens is 254 g/mol. The third-order valence-corrected chi connectivity index (χ3v) is 4.14. The lowest BCUT2D eigenvalue weighted by molar-refractivity contribution is -0.0370. The minimum Gasteiger partial charge on any atom is -0.507 e. The number of aromatic hydroxyl groups is 1. The van der Waals surface area contributed by atoms with E-state index in [1.54, 1.807) is 25.1 Å². The highest BCUT2D eigenvalue weighted by Gasteiger charge is 2.34. The molecule has 110 valence electrons. The van der Waals surface area contributed by atoms with Crippen molar-refractivity contribution in [2.45, 2.75) is 39.2 Å². The van der Waals surface area contributed by atoms with Crippen LogP contribution < -0.4 is 5.32 Å². The maximum absolute atomic E-state index is 12.3. The third-order valence-electron chi connectivity index (χ3n) is 4.14. The maximum atomic E-state index is 12.3. The van der Waals surface area contributed by atoms with Crippen LogP contribution in [0.4, 0.5) is 0 Å². The second kappa shape index (κ2) is 5.83. The van der Waals surface area contributed by atoms with Crippen LogP contribution in [0.2, 0.25) is 0 Å². The van der Waals surface area contributed by atoms with Crippen molar-refractivity contribution in [3.63, 3.8) is 0 Å². The number of hydrogen-bond donors (Lipinski definition) is 2. The summed E-state index contributed by atoms with van der Waals surface area (Å²) in [6.07, 6.45) is 2.00. The maximum Gasteiger partial charge on any atom is 0.342 e. The summed E-state index contributed by atoms with van der Waals surface area (Å²) >= 11 is 0. The Bertz CT molecular complexity index is 490. The predicted octanol–water partition coefficient (Wildman–Crippen LogP) is 2.64. The van der Waals surface area contributed by atoms with E-state index in [-0.39, 0.29) is 11.3 Å². The van der Waals surface area contributed by atoms with Crippen molar-refractivity contribution in [3.8, 4) is 5.75 Å². The van der Waals surface area contributed by atoms with E-state index in [4.69, 9.17) is 4.74 Å². The Hall–Kier alpha value is -1.55. The van der Waals surface area contributed by atoms with Crippen LogP contribution in [0.5, 0.6) is 5.75 Å². The number of nitrogens with one attached hydrogen (secondary N) is 1. The van der Waals surface area contributed by atoms with Crippen molar-refractivity contribution in [1.29, 1.82) is 0 Å². The minimum atomic E-state index is -0.518. The van der Waals surface area contributed by atoms with Gasteiger partial charge in [0.05, 0.1) is 0 Å². The Balaban J connectivity index is 2.11. The first kappa shape index (κ1) is 14.9. The fraction of sp³-hybridized carbons (Fsp3) is 0.562. The zero-order chi connectivity index (χ0) is 14.8. The van der Waals surface area contributed by atoms with Gasteiger partial charge in [-0.2, -0.15) is 0 Å². The summed E-state index contributed by atoms with van der Waals surface area (Å²) in [6.45, 7) is 7.59. The number of hydrogen-bond acceptors (Lipinski definition) is 4. The second-order valence-corrected chi connectivity index (χ2v) is 5.99. The predicted molar refractivity (Wildman–Crippen MR) is 77.9 cm³/mol. The molecule has 4 heteroatoms. The number of para-hydroxylation sites is 1. The van der Waals surface area contributed by atoms with Gasteiger partial charge in [-0.3, -0.25) is 0 Å². The topological polar surface area (TPSA) is 58.6 Å². The minimum absolute atomic E-state index is 0.0126. The average molecular weight is 277 g/mol. The van der Waals surface area contributed by atoms with E-state index in [1.165, 1.54) is 0 Å². The molecule has 0 unspecified atom stereocenters. The van der Waals surface area contributed by atoms with Gasteiger partial charge in [-0.05, 0) is 58.3 Å². The second-order valence-electron chi connectivity index (χ2n) is 5.99. The first-order chi connectivity index (χ1) is 9.42. The van der Waals surface area contributed by atoms with E-state index in [9.17, 15) is 9.90 Å². The monoisotopic (exact) mass is 277 g/mol. The molecule has 2 N–H and O–H groups in total. The average Bonchev–Trinajstić information content (AvgIpc) is 2.42. The van der Waals surface area contributed by atoms with Crippen LogP contribution in [0.1, 0.15) is 42.6 Å². The highest BCUT2D eigenvalue weighted by Crippen LogP contribution is 2.31. The van der Waals surface area contributed by atoms with E-state index < -0.39 is 11.6 Å². The molecule has 1 fully saturated rings. The summed E-state index contributed by atoms with van der Waals surface area (Å²) in [4.78, 5) is 12.3. The molecule has 0 radical (unpaired) electrons. The molecule has 20 heavy (non-hydrogen) atoms. The fourth-order valence-electron chi connectivity index (χ4n) is 2.72. The quantitative estimate of drug-likeness (QED) is 0.834. The molecule has 1 aliphatic rings. The first-order valence-corrected chi connectivity index (χ1v) is 7.14. The van der Waals surface area contributed by atoms with Crippen LogP contribution in [0.3, 0.4) is 0 Å². The molecule has 0 aliphatic carbocycles. The number of phenols is 1. The van der Waals surface area contributed by atoms with Crippen molar-refractivity contribution in [2.75, 3.05) is 13.1 Å². The normalized spacial score (nSPS) is 16.9. The van der Waals surface area contributed by atoms with E-state index >= 15 is 0 Å². The molecular formula is C16H23NO3. The van der Waals surface area contributed by atoms with Crippen LogP contribution in [0.25, 0.3) is 0 Å². The van der Waals surface area contributed by atoms with Crippen LogP contribution in [0.15, 0.2) is 18.2 Å². The molecule has 0 aromatic heterocycles. The van der Waals surface area contributed by atoms with Crippen LogP contribution >= 0.6 is 0 Å². The van der Waals surface area contributed by atoms with Gasteiger partial charge in [0.2, 0.25) is 0 Å². The molecule has 0 saturated carbocycles. The van der Waals surface area contributed by atoms with Gasteiger partial charge in [-0.1, -0.05) is 12.1 Å². The van der Waals surface area contributed by atoms with Crippen LogP contribution in [0, 0.1) is 12.8 Å². The Labute approximate surface area is 120 Å². The number of carbonyl (C=O) groups excluding carboxylic acids is 1. The van der Waals surface area contributed by atoms with Gasteiger partial charge in [-0.25, -0.2) is 4.79 Å². The third kappa shape index (κ3) is 3.12. The van der Waals surface area contributed by atoms with E-state index in [1.807, 2.05) is 13.8 Å².